The van der Waals surface area contributed by atoms with Gasteiger partial charge in [0.2, 0.25) is 0 Å². The number of rotatable bonds is 10. The molecule has 2 atom stereocenters. The van der Waals surface area contributed by atoms with Crippen LogP contribution in [0.25, 0.3) is 22.4 Å². The van der Waals surface area contributed by atoms with Gasteiger partial charge in [-0.3, -0.25) is 4.79 Å². The molecule has 1 aliphatic rings. The summed E-state index contributed by atoms with van der Waals surface area (Å²) in [7, 11) is 0. The third-order valence-corrected chi connectivity index (χ3v) is 6.54. The average molecular weight is 419 g/mol. The number of hydrogen-bond donors (Lipinski definition) is 1. The van der Waals surface area contributed by atoms with Gasteiger partial charge in [0.15, 0.2) is 5.16 Å². The van der Waals surface area contributed by atoms with E-state index in [-0.39, 0.29) is 5.92 Å². The molecule has 0 bridgehead atoms. The minimum absolute atomic E-state index is 0.0766. The van der Waals surface area contributed by atoms with Crippen molar-refractivity contribution in [3.05, 3.63) is 66.9 Å². The Labute approximate surface area is 181 Å². The van der Waals surface area contributed by atoms with Crippen LogP contribution in [0, 0.1) is 11.8 Å². The summed E-state index contributed by atoms with van der Waals surface area (Å²) in [5.74, 6) is 0.692. The Morgan fingerprint density at radius 2 is 1.67 bits per heavy atom. The smallest absolute Gasteiger partial charge is 0.306 e. The quantitative estimate of drug-likeness (QED) is 0.242. The lowest BCUT2D eigenvalue weighted by atomic mass is 10.0. The van der Waals surface area contributed by atoms with Crippen molar-refractivity contribution < 1.29 is 9.90 Å². The fourth-order valence-corrected chi connectivity index (χ4v) is 4.61. The summed E-state index contributed by atoms with van der Waals surface area (Å²) in [6.07, 6.45) is 7.18. The SMILES string of the molecule is O=C(O)[C@@H]1C[C@H]1CCCCCSc1ncc(-c2ccccc2)c(-c2ccccc2)n1. The Morgan fingerprint density at radius 3 is 2.33 bits per heavy atom. The molecule has 1 aliphatic carbocycles. The molecule has 1 heterocycles. The number of aliphatic carboxylic acids is 1. The molecule has 0 unspecified atom stereocenters. The highest BCUT2D eigenvalue weighted by Gasteiger charge is 2.42. The van der Waals surface area contributed by atoms with E-state index >= 15 is 0 Å². The van der Waals surface area contributed by atoms with Crippen LogP contribution in [-0.4, -0.2) is 26.8 Å². The largest absolute Gasteiger partial charge is 0.481 e. The predicted molar refractivity (Wildman–Crippen MR) is 121 cm³/mol. The lowest BCUT2D eigenvalue weighted by Gasteiger charge is -2.11. The Balaban J connectivity index is 1.35. The van der Waals surface area contributed by atoms with Crippen molar-refractivity contribution in [2.24, 2.45) is 11.8 Å². The van der Waals surface area contributed by atoms with Crippen LogP contribution in [0.4, 0.5) is 0 Å². The number of benzene rings is 2. The van der Waals surface area contributed by atoms with Crippen molar-refractivity contribution in [3.63, 3.8) is 0 Å². The summed E-state index contributed by atoms with van der Waals surface area (Å²) in [6.45, 7) is 0. The van der Waals surface area contributed by atoms with Gasteiger partial charge in [-0.15, -0.1) is 0 Å². The summed E-state index contributed by atoms with van der Waals surface area (Å²) in [5, 5.41) is 9.78. The van der Waals surface area contributed by atoms with Crippen molar-refractivity contribution in [1.29, 1.82) is 0 Å². The van der Waals surface area contributed by atoms with E-state index in [0.29, 0.717) is 5.92 Å². The molecule has 5 heteroatoms. The van der Waals surface area contributed by atoms with Crippen molar-refractivity contribution in [2.75, 3.05) is 5.75 Å². The van der Waals surface area contributed by atoms with Gasteiger partial charge in [-0.2, -0.15) is 0 Å². The molecule has 30 heavy (non-hydrogen) atoms. The molecule has 0 aliphatic heterocycles. The van der Waals surface area contributed by atoms with Crippen LogP contribution in [0.1, 0.15) is 32.1 Å². The van der Waals surface area contributed by atoms with Gasteiger partial charge in [0.05, 0.1) is 11.6 Å². The molecule has 0 spiro atoms. The van der Waals surface area contributed by atoms with E-state index < -0.39 is 5.97 Å². The Hall–Kier alpha value is -2.66. The van der Waals surface area contributed by atoms with E-state index in [9.17, 15) is 4.79 Å². The molecule has 1 aromatic heterocycles. The van der Waals surface area contributed by atoms with E-state index in [0.717, 1.165) is 65.4 Å². The Bertz CT molecular complexity index is 979. The summed E-state index contributed by atoms with van der Waals surface area (Å²) in [6, 6.07) is 20.5. The first-order valence-electron chi connectivity index (χ1n) is 10.6. The second-order valence-corrected chi connectivity index (χ2v) is 8.85. The zero-order valence-electron chi connectivity index (χ0n) is 16.9. The van der Waals surface area contributed by atoms with E-state index in [1.807, 2.05) is 42.6 Å². The summed E-state index contributed by atoms with van der Waals surface area (Å²) < 4.78 is 0. The number of thioether (sulfide) groups is 1. The van der Waals surface area contributed by atoms with Crippen LogP contribution >= 0.6 is 11.8 Å². The summed E-state index contributed by atoms with van der Waals surface area (Å²) in [4.78, 5) is 20.4. The number of hydrogen-bond acceptors (Lipinski definition) is 4. The monoisotopic (exact) mass is 418 g/mol. The fraction of sp³-hybridized carbons (Fsp3) is 0.320. The minimum atomic E-state index is -0.624. The zero-order valence-corrected chi connectivity index (χ0v) is 17.7. The molecule has 0 saturated heterocycles. The molecule has 1 N–H and O–H groups in total. The first-order chi connectivity index (χ1) is 14.7. The second kappa shape index (κ2) is 9.90. The zero-order chi connectivity index (χ0) is 20.8. The molecule has 154 valence electrons. The van der Waals surface area contributed by atoms with Crippen LogP contribution in [0.5, 0.6) is 0 Å². The molecular weight excluding hydrogens is 392 g/mol. The highest BCUT2D eigenvalue weighted by molar-refractivity contribution is 7.99. The minimum Gasteiger partial charge on any atom is -0.481 e. The normalized spacial score (nSPS) is 17.6. The number of nitrogens with zero attached hydrogens (tertiary/aromatic N) is 2. The van der Waals surface area contributed by atoms with Gasteiger partial charge in [-0.25, -0.2) is 9.97 Å². The van der Waals surface area contributed by atoms with E-state index in [1.165, 1.54) is 0 Å². The van der Waals surface area contributed by atoms with Gasteiger partial charge < -0.3 is 5.11 Å². The molecule has 2 aromatic carbocycles. The van der Waals surface area contributed by atoms with Crippen LogP contribution in [0.2, 0.25) is 0 Å². The predicted octanol–water partition coefficient (Wildman–Crippen LogP) is 6.18. The average Bonchev–Trinajstić information content (AvgIpc) is 3.57. The Kier molecular flexibility index (Phi) is 6.80. The topological polar surface area (TPSA) is 63.1 Å². The maximum Gasteiger partial charge on any atom is 0.306 e. The number of carbonyl (C=O) groups is 1. The van der Waals surface area contributed by atoms with Gasteiger partial charge in [0, 0.05) is 23.1 Å². The third kappa shape index (κ3) is 5.28. The van der Waals surface area contributed by atoms with Crippen LogP contribution < -0.4 is 0 Å². The van der Waals surface area contributed by atoms with Crippen molar-refractivity contribution in [3.8, 4) is 22.4 Å². The molecule has 4 nitrogen and oxygen atoms in total. The molecular formula is C25H26N2O2S. The summed E-state index contributed by atoms with van der Waals surface area (Å²) in [5.41, 5.74) is 4.22. The van der Waals surface area contributed by atoms with Gasteiger partial charge in [0.1, 0.15) is 0 Å². The third-order valence-electron chi connectivity index (χ3n) is 5.59. The fourth-order valence-electron chi connectivity index (χ4n) is 3.80. The molecule has 0 amide bonds. The molecule has 1 saturated carbocycles. The van der Waals surface area contributed by atoms with Gasteiger partial charge in [0.25, 0.3) is 0 Å². The van der Waals surface area contributed by atoms with Gasteiger partial charge >= 0.3 is 5.97 Å². The number of unbranched alkanes of at least 4 members (excludes halogenated alkanes) is 2. The summed E-state index contributed by atoms with van der Waals surface area (Å²) >= 11 is 1.70. The van der Waals surface area contributed by atoms with Crippen LogP contribution in [-0.2, 0) is 4.79 Å². The molecule has 3 aromatic rings. The van der Waals surface area contributed by atoms with Crippen molar-refractivity contribution in [2.45, 2.75) is 37.3 Å². The van der Waals surface area contributed by atoms with E-state index in [2.05, 4.69) is 29.2 Å². The number of carboxylic acid groups (broad SMARTS) is 1. The lowest BCUT2D eigenvalue weighted by molar-refractivity contribution is -0.138. The highest BCUT2D eigenvalue weighted by atomic mass is 32.2. The van der Waals surface area contributed by atoms with E-state index in [4.69, 9.17) is 10.1 Å². The number of aromatic nitrogens is 2. The first-order valence-corrected chi connectivity index (χ1v) is 11.5. The molecule has 0 radical (unpaired) electrons. The first kappa shape index (κ1) is 20.6. The number of carboxylic acids is 1. The van der Waals surface area contributed by atoms with Crippen LogP contribution in [0.15, 0.2) is 72.0 Å². The van der Waals surface area contributed by atoms with Gasteiger partial charge in [-0.1, -0.05) is 85.3 Å². The molecule has 4 rings (SSSR count). The molecule has 1 fully saturated rings. The lowest BCUT2D eigenvalue weighted by Crippen LogP contribution is -1.99. The highest BCUT2D eigenvalue weighted by Crippen LogP contribution is 2.42. The van der Waals surface area contributed by atoms with Crippen molar-refractivity contribution in [1.82, 2.24) is 9.97 Å². The maximum atomic E-state index is 10.9. The standard InChI is InChI=1S/C25H26N2O2S/c28-24(29)21-16-20(21)14-8-3-9-15-30-25-26-17-22(18-10-4-1-5-11-18)23(27-25)19-12-6-2-7-13-19/h1-2,4-7,10-13,17,20-21H,3,8-9,14-16H2,(H,28,29)/t20-,21-/m1/s1. The van der Waals surface area contributed by atoms with E-state index in [1.54, 1.807) is 11.8 Å². The maximum absolute atomic E-state index is 10.9. The van der Waals surface area contributed by atoms with Crippen molar-refractivity contribution >= 4 is 17.7 Å². The van der Waals surface area contributed by atoms with Gasteiger partial charge in [-0.05, 0) is 30.7 Å². The van der Waals surface area contributed by atoms with Crippen LogP contribution in [0.3, 0.4) is 0 Å². The second-order valence-electron chi connectivity index (χ2n) is 7.79. The Morgan fingerprint density at radius 1 is 0.967 bits per heavy atom.